The van der Waals surface area contributed by atoms with Crippen LogP contribution in [0, 0.1) is 13.8 Å². The lowest BCUT2D eigenvalue weighted by Crippen LogP contribution is -2.30. The highest BCUT2D eigenvalue weighted by Gasteiger charge is 2.11. The van der Waals surface area contributed by atoms with E-state index in [4.69, 9.17) is 9.47 Å². The molecule has 0 saturated carbocycles. The predicted octanol–water partition coefficient (Wildman–Crippen LogP) is 1.31. The molecule has 2 N–H and O–H groups in total. The van der Waals surface area contributed by atoms with E-state index in [2.05, 4.69) is 15.3 Å². The molecule has 0 aliphatic heterocycles. The third kappa shape index (κ3) is 4.82. The molecule has 0 aliphatic carbocycles. The average molecular weight is 345 g/mol. The third-order valence-electron chi connectivity index (χ3n) is 3.86. The van der Waals surface area contributed by atoms with E-state index in [-0.39, 0.29) is 17.9 Å². The maximum absolute atomic E-state index is 12.1. The van der Waals surface area contributed by atoms with Crippen LogP contribution in [0.25, 0.3) is 0 Å². The Morgan fingerprint density at radius 2 is 1.92 bits per heavy atom. The number of ether oxygens (including phenoxy) is 2. The van der Waals surface area contributed by atoms with Crippen molar-refractivity contribution >= 4 is 5.91 Å². The van der Waals surface area contributed by atoms with E-state index in [9.17, 15) is 9.59 Å². The van der Waals surface area contributed by atoms with Crippen LogP contribution in [0.2, 0.25) is 0 Å². The number of carbonyl (C=O) groups is 1. The number of aromatic nitrogens is 2. The Labute approximate surface area is 146 Å². The van der Waals surface area contributed by atoms with Crippen LogP contribution in [0.4, 0.5) is 0 Å². The van der Waals surface area contributed by atoms with Crippen molar-refractivity contribution in [2.75, 3.05) is 20.8 Å². The number of aryl methyl sites for hydroxylation is 2. The van der Waals surface area contributed by atoms with Crippen LogP contribution in [0.15, 0.2) is 23.0 Å². The number of aromatic amines is 1. The topological polar surface area (TPSA) is 93.3 Å². The molecule has 1 aromatic carbocycles. The maximum Gasteiger partial charge on any atom is 0.254 e. The second kappa shape index (κ2) is 8.32. The average Bonchev–Trinajstić information content (AvgIpc) is 2.58. The van der Waals surface area contributed by atoms with E-state index in [1.807, 2.05) is 18.2 Å². The first-order valence-corrected chi connectivity index (χ1v) is 7.98. The van der Waals surface area contributed by atoms with Gasteiger partial charge in [0.2, 0.25) is 5.91 Å². The molecule has 7 nitrogen and oxygen atoms in total. The van der Waals surface area contributed by atoms with Crippen LogP contribution in [0.1, 0.15) is 22.6 Å². The van der Waals surface area contributed by atoms with Crippen molar-refractivity contribution in [2.24, 2.45) is 0 Å². The van der Waals surface area contributed by atoms with Gasteiger partial charge in [-0.05, 0) is 38.0 Å². The summed E-state index contributed by atoms with van der Waals surface area (Å²) in [6, 6.07) is 5.63. The highest BCUT2D eigenvalue weighted by Crippen LogP contribution is 2.27. The molecule has 2 aromatic rings. The zero-order chi connectivity index (χ0) is 18.4. The fraction of sp³-hybridized carbons (Fsp3) is 0.389. The smallest absolute Gasteiger partial charge is 0.254 e. The molecule has 0 saturated heterocycles. The monoisotopic (exact) mass is 345 g/mol. The van der Waals surface area contributed by atoms with E-state index in [1.54, 1.807) is 28.1 Å². The molecule has 0 atom stereocenters. The fourth-order valence-corrected chi connectivity index (χ4v) is 2.56. The summed E-state index contributed by atoms with van der Waals surface area (Å²) in [4.78, 5) is 30.8. The van der Waals surface area contributed by atoms with Gasteiger partial charge < -0.3 is 19.8 Å². The normalized spacial score (nSPS) is 10.4. The predicted molar refractivity (Wildman–Crippen MR) is 94.3 cm³/mol. The van der Waals surface area contributed by atoms with Crippen molar-refractivity contribution in [3.63, 3.8) is 0 Å². The number of carbonyl (C=O) groups excluding carboxylic acids is 1. The van der Waals surface area contributed by atoms with Gasteiger partial charge in [-0.1, -0.05) is 6.07 Å². The molecule has 7 heteroatoms. The molecule has 0 spiro atoms. The Balaban J connectivity index is 1.92. The summed E-state index contributed by atoms with van der Waals surface area (Å²) in [5.41, 5.74) is 1.73. The summed E-state index contributed by atoms with van der Waals surface area (Å²) < 4.78 is 10.5. The first-order valence-electron chi connectivity index (χ1n) is 7.98. The number of nitrogens with zero attached hydrogens (tertiary/aromatic N) is 1. The Morgan fingerprint density at radius 3 is 2.56 bits per heavy atom. The lowest BCUT2D eigenvalue weighted by molar-refractivity contribution is -0.120. The first kappa shape index (κ1) is 18.5. The Morgan fingerprint density at radius 1 is 1.20 bits per heavy atom. The van der Waals surface area contributed by atoms with E-state index in [0.717, 1.165) is 5.56 Å². The minimum absolute atomic E-state index is 0.0143. The minimum Gasteiger partial charge on any atom is -0.493 e. The standard InChI is InChI=1S/C18H23N3O4/c1-11-14(18(23)21-12(2)20-11)10-17(22)19-8-7-13-5-6-15(24-3)16(9-13)25-4/h5-6,9H,7-8,10H2,1-4H3,(H,19,22)(H,20,21,23). The second-order valence-electron chi connectivity index (χ2n) is 5.68. The van der Waals surface area contributed by atoms with Crippen LogP contribution >= 0.6 is 0 Å². The molecule has 25 heavy (non-hydrogen) atoms. The second-order valence-corrected chi connectivity index (χ2v) is 5.68. The SMILES string of the molecule is COc1ccc(CCNC(=O)Cc2c(C)nc(C)[nH]c2=O)cc1OC. The Hall–Kier alpha value is -2.83. The first-order chi connectivity index (χ1) is 11.9. The van der Waals surface area contributed by atoms with E-state index in [0.29, 0.717) is 41.5 Å². The van der Waals surface area contributed by atoms with Crippen molar-refractivity contribution in [1.82, 2.24) is 15.3 Å². The number of rotatable bonds is 7. The highest BCUT2D eigenvalue weighted by molar-refractivity contribution is 5.78. The van der Waals surface area contributed by atoms with Crippen molar-refractivity contribution in [2.45, 2.75) is 26.7 Å². The Bertz CT molecular complexity index is 814. The summed E-state index contributed by atoms with van der Waals surface area (Å²) in [7, 11) is 3.17. The van der Waals surface area contributed by atoms with Gasteiger partial charge in [0.05, 0.1) is 20.6 Å². The molecule has 0 unspecified atom stereocenters. The number of methoxy groups -OCH3 is 2. The quantitative estimate of drug-likeness (QED) is 0.789. The van der Waals surface area contributed by atoms with Crippen LogP contribution in [-0.4, -0.2) is 36.6 Å². The number of nitrogens with one attached hydrogen (secondary N) is 2. The van der Waals surface area contributed by atoms with Gasteiger partial charge >= 0.3 is 0 Å². The number of hydrogen-bond acceptors (Lipinski definition) is 5. The molecule has 1 heterocycles. The molecule has 0 radical (unpaired) electrons. The molecule has 0 aliphatic rings. The van der Waals surface area contributed by atoms with Gasteiger partial charge in [-0.3, -0.25) is 9.59 Å². The summed E-state index contributed by atoms with van der Waals surface area (Å²) in [6.07, 6.45) is 0.661. The number of hydrogen-bond donors (Lipinski definition) is 2. The largest absolute Gasteiger partial charge is 0.493 e. The molecular formula is C18H23N3O4. The van der Waals surface area contributed by atoms with Crippen LogP contribution in [0.5, 0.6) is 11.5 Å². The van der Waals surface area contributed by atoms with Crippen LogP contribution in [-0.2, 0) is 17.6 Å². The fourth-order valence-electron chi connectivity index (χ4n) is 2.56. The summed E-state index contributed by atoms with van der Waals surface area (Å²) in [5.74, 6) is 1.65. The van der Waals surface area contributed by atoms with Gasteiger partial charge in [-0.2, -0.15) is 0 Å². The van der Waals surface area contributed by atoms with Gasteiger partial charge in [0.25, 0.3) is 5.56 Å². The van der Waals surface area contributed by atoms with Crippen molar-refractivity contribution in [3.8, 4) is 11.5 Å². The molecule has 1 aromatic heterocycles. The summed E-state index contributed by atoms with van der Waals surface area (Å²) in [6.45, 7) is 3.90. The lowest BCUT2D eigenvalue weighted by atomic mass is 10.1. The zero-order valence-corrected chi connectivity index (χ0v) is 14.9. The molecule has 1 amide bonds. The number of benzene rings is 1. The molecule has 0 fully saturated rings. The van der Waals surface area contributed by atoms with Gasteiger partial charge in [0.15, 0.2) is 11.5 Å². The van der Waals surface area contributed by atoms with Crippen molar-refractivity contribution in [3.05, 3.63) is 51.2 Å². The van der Waals surface area contributed by atoms with Gasteiger partial charge in [0, 0.05) is 17.8 Å². The maximum atomic E-state index is 12.1. The van der Waals surface area contributed by atoms with Crippen LogP contribution in [0.3, 0.4) is 0 Å². The van der Waals surface area contributed by atoms with Gasteiger partial charge in [-0.25, -0.2) is 4.98 Å². The van der Waals surface area contributed by atoms with Crippen molar-refractivity contribution < 1.29 is 14.3 Å². The summed E-state index contributed by atoms with van der Waals surface area (Å²) >= 11 is 0. The molecular weight excluding hydrogens is 322 g/mol. The van der Waals surface area contributed by atoms with Gasteiger partial charge in [-0.15, -0.1) is 0 Å². The van der Waals surface area contributed by atoms with E-state index >= 15 is 0 Å². The van der Waals surface area contributed by atoms with Crippen molar-refractivity contribution in [1.29, 1.82) is 0 Å². The zero-order valence-electron chi connectivity index (χ0n) is 14.9. The summed E-state index contributed by atoms with van der Waals surface area (Å²) in [5, 5.41) is 2.82. The highest BCUT2D eigenvalue weighted by atomic mass is 16.5. The molecule has 134 valence electrons. The van der Waals surface area contributed by atoms with Crippen LogP contribution < -0.4 is 20.3 Å². The van der Waals surface area contributed by atoms with E-state index < -0.39 is 0 Å². The Kier molecular flexibility index (Phi) is 6.16. The lowest BCUT2D eigenvalue weighted by Gasteiger charge is -2.10. The van der Waals surface area contributed by atoms with Gasteiger partial charge in [0.1, 0.15) is 5.82 Å². The van der Waals surface area contributed by atoms with E-state index in [1.165, 1.54) is 0 Å². The third-order valence-corrected chi connectivity index (χ3v) is 3.86. The number of H-pyrrole nitrogens is 1. The minimum atomic E-state index is -0.264. The molecule has 0 bridgehead atoms. The molecule has 2 rings (SSSR count). The number of amides is 1.